The van der Waals surface area contributed by atoms with Crippen molar-refractivity contribution < 1.29 is 13.3 Å². The molecule has 8 heteroatoms. The molecule has 1 aromatic rings. The van der Waals surface area contributed by atoms with Crippen LogP contribution in [0.25, 0.3) is 0 Å². The lowest BCUT2D eigenvalue weighted by Gasteiger charge is -2.18. The van der Waals surface area contributed by atoms with Crippen molar-refractivity contribution in [1.29, 1.82) is 0 Å². The van der Waals surface area contributed by atoms with Crippen molar-refractivity contribution in [3.05, 3.63) is 28.3 Å². The van der Waals surface area contributed by atoms with Crippen LogP contribution in [-0.4, -0.2) is 37.8 Å². The maximum absolute atomic E-state index is 12.7. The zero-order valence-electron chi connectivity index (χ0n) is 12.1. The number of nitro groups is 1. The molecular weight excluding hydrogens is 294 g/mol. The highest BCUT2D eigenvalue weighted by atomic mass is 32.2. The van der Waals surface area contributed by atoms with Gasteiger partial charge in [-0.2, -0.15) is 4.31 Å². The molecule has 0 aliphatic carbocycles. The van der Waals surface area contributed by atoms with E-state index in [0.29, 0.717) is 24.7 Å². The summed E-state index contributed by atoms with van der Waals surface area (Å²) in [6, 6.07) is 3.85. The van der Waals surface area contributed by atoms with Gasteiger partial charge in [-0.15, -0.1) is 0 Å². The van der Waals surface area contributed by atoms with Crippen LogP contribution in [0.3, 0.4) is 0 Å². The van der Waals surface area contributed by atoms with E-state index in [2.05, 4.69) is 5.32 Å². The third-order valence-electron chi connectivity index (χ3n) is 3.89. The van der Waals surface area contributed by atoms with E-state index < -0.39 is 14.9 Å². The Morgan fingerprint density at radius 1 is 1.48 bits per heavy atom. The van der Waals surface area contributed by atoms with Gasteiger partial charge in [0.25, 0.3) is 5.69 Å². The Morgan fingerprint density at radius 2 is 2.19 bits per heavy atom. The lowest BCUT2D eigenvalue weighted by atomic mass is 10.1. The second kappa shape index (κ2) is 5.98. The zero-order chi connectivity index (χ0) is 15.6. The summed E-state index contributed by atoms with van der Waals surface area (Å²) in [6.45, 7) is 2.98. The molecule has 1 fully saturated rings. The molecule has 0 bridgehead atoms. The van der Waals surface area contributed by atoms with Gasteiger partial charge in [-0.1, -0.05) is 13.3 Å². The van der Waals surface area contributed by atoms with E-state index in [0.717, 1.165) is 18.9 Å². The Bertz CT molecular complexity index is 645. The highest BCUT2D eigenvalue weighted by molar-refractivity contribution is 7.89. The molecule has 0 amide bonds. The summed E-state index contributed by atoms with van der Waals surface area (Å²) >= 11 is 0. The molecule has 1 aliphatic rings. The molecule has 1 N–H and O–H groups in total. The van der Waals surface area contributed by atoms with E-state index in [-0.39, 0.29) is 10.6 Å². The quantitative estimate of drug-likeness (QED) is 0.663. The van der Waals surface area contributed by atoms with E-state index >= 15 is 0 Å². The summed E-state index contributed by atoms with van der Waals surface area (Å²) < 4.78 is 26.8. The monoisotopic (exact) mass is 313 g/mol. The van der Waals surface area contributed by atoms with Crippen molar-refractivity contribution in [2.24, 2.45) is 5.92 Å². The number of sulfonamides is 1. The van der Waals surface area contributed by atoms with Crippen molar-refractivity contribution >= 4 is 21.4 Å². The Labute approximate surface area is 124 Å². The Hall–Kier alpha value is -1.67. The molecule has 1 unspecified atom stereocenters. The first-order valence-corrected chi connectivity index (χ1v) is 8.30. The molecule has 0 spiro atoms. The lowest BCUT2D eigenvalue weighted by Crippen LogP contribution is -2.29. The van der Waals surface area contributed by atoms with Gasteiger partial charge in [0.05, 0.1) is 10.6 Å². The molecule has 1 atom stereocenters. The molecule has 1 heterocycles. The molecule has 1 aliphatic heterocycles. The Kier molecular flexibility index (Phi) is 4.48. The predicted octanol–water partition coefficient (Wildman–Crippen LogP) is 2.06. The van der Waals surface area contributed by atoms with Gasteiger partial charge >= 0.3 is 0 Å². The van der Waals surface area contributed by atoms with Gasteiger partial charge in [-0.3, -0.25) is 10.1 Å². The highest BCUT2D eigenvalue weighted by Crippen LogP contribution is 2.32. The minimum Gasteiger partial charge on any atom is -0.387 e. The Balaban J connectivity index is 2.43. The van der Waals surface area contributed by atoms with Crippen molar-refractivity contribution in [2.45, 2.75) is 24.7 Å². The van der Waals surface area contributed by atoms with Crippen LogP contribution in [0, 0.1) is 16.0 Å². The number of nitro benzene ring substituents is 1. The van der Waals surface area contributed by atoms with Crippen molar-refractivity contribution in [3.8, 4) is 0 Å². The van der Waals surface area contributed by atoms with Crippen LogP contribution in [0.1, 0.15) is 19.8 Å². The van der Waals surface area contributed by atoms with Crippen molar-refractivity contribution in [3.63, 3.8) is 0 Å². The van der Waals surface area contributed by atoms with Crippen molar-refractivity contribution in [1.82, 2.24) is 4.31 Å². The topological polar surface area (TPSA) is 92.5 Å². The average Bonchev–Trinajstić information content (AvgIpc) is 2.96. The molecule has 1 aromatic carbocycles. The van der Waals surface area contributed by atoms with Gasteiger partial charge in [0.2, 0.25) is 10.0 Å². The molecule has 0 radical (unpaired) electrons. The number of nitrogens with one attached hydrogen (secondary N) is 1. The summed E-state index contributed by atoms with van der Waals surface area (Å²) in [4.78, 5) is 10.3. The molecular formula is C13H19N3O4S. The summed E-state index contributed by atoms with van der Waals surface area (Å²) in [5, 5.41) is 13.7. The molecule has 1 saturated heterocycles. The molecule has 0 aromatic heterocycles. The number of hydrogen-bond donors (Lipinski definition) is 1. The van der Waals surface area contributed by atoms with E-state index in [1.54, 1.807) is 7.05 Å². The van der Waals surface area contributed by atoms with Crippen LogP contribution >= 0.6 is 0 Å². The summed E-state index contributed by atoms with van der Waals surface area (Å²) in [5.41, 5.74) is 0.152. The number of benzene rings is 1. The fourth-order valence-corrected chi connectivity index (χ4v) is 4.28. The third-order valence-corrected chi connectivity index (χ3v) is 5.79. The smallest absolute Gasteiger partial charge is 0.270 e. The number of nitrogens with zero attached hydrogens (tertiary/aromatic N) is 2. The summed E-state index contributed by atoms with van der Waals surface area (Å²) in [6.07, 6.45) is 1.76. The van der Waals surface area contributed by atoms with E-state index in [9.17, 15) is 18.5 Å². The molecule has 116 valence electrons. The highest BCUT2D eigenvalue weighted by Gasteiger charge is 2.34. The summed E-state index contributed by atoms with van der Waals surface area (Å²) in [5.74, 6) is 0.358. The van der Waals surface area contributed by atoms with E-state index in [1.165, 1.54) is 16.4 Å². The summed E-state index contributed by atoms with van der Waals surface area (Å²) in [7, 11) is -2.12. The second-order valence-electron chi connectivity index (χ2n) is 5.11. The molecule has 7 nitrogen and oxygen atoms in total. The molecule has 2 rings (SSSR count). The average molecular weight is 313 g/mol. The zero-order valence-corrected chi connectivity index (χ0v) is 12.9. The van der Waals surface area contributed by atoms with Crippen LogP contribution in [0.2, 0.25) is 0 Å². The van der Waals surface area contributed by atoms with Gasteiger partial charge < -0.3 is 5.32 Å². The van der Waals surface area contributed by atoms with Gasteiger partial charge in [0.1, 0.15) is 4.90 Å². The maximum Gasteiger partial charge on any atom is 0.270 e. The normalized spacial score (nSPS) is 19.6. The lowest BCUT2D eigenvalue weighted by molar-refractivity contribution is -0.385. The minimum atomic E-state index is -3.71. The van der Waals surface area contributed by atoms with Gasteiger partial charge in [-0.05, 0) is 18.4 Å². The number of non-ortho nitro benzene ring substituents is 1. The van der Waals surface area contributed by atoms with Crippen LogP contribution in [0.15, 0.2) is 23.1 Å². The number of hydrogen-bond acceptors (Lipinski definition) is 5. The van der Waals surface area contributed by atoms with Crippen molar-refractivity contribution in [2.75, 3.05) is 25.5 Å². The standard InChI is InChI=1S/C13H19N3O4S/c1-3-10-6-7-15(9-10)21(19,20)13-8-11(16(17)18)4-5-12(13)14-2/h4-5,8,10,14H,3,6-7,9H2,1-2H3. The first-order valence-electron chi connectivity index (χ1n) is 6.86. The second-order valence-corrected chi connectivity index (χ2v) is 7.02. The minimum absolute atomic E-state index is 0.0315. The fraction of sp³-hybridized carbons (Fsp3) is 0.538. The molecule has 21 heavy (non-hydrogen) atoms. The fourth-order valence-electron chi connectivity index (χ4n) is 2.53. The van der Waals surface area contributed by atoms with Gasteiger partial charge in [0.15, 0.2) is 0 Å². The third kappa shape index (κ3) is 3.01. The first kappa shape index (κ1) is 15.7. The SMILES string of the molecule is CCC1CCN(S(=O)(=O)c2cc([N+](=O)[O-])ccc2NC)C1. The predicted molar refractivity (Wildman–Crippen MR) is 79.8 cm³/mol. The van der Waals surface area contributed by atoms with E-state index in [1.807, 2.05) is 6.92 Å². The van der Waals surface area contributed by atoms with Crippen LogP contribution in [0.5, 0.6) is 0 Å². The largest absolute Gasteiger partial charge is 0.387 e. The van der Waals surface area contributed by atoms with E-state index in [4.69, 9.17) is 0 Å². The van der Waals surface area contributed by atoms with Crippen LogP contribution in [0.4, 0.5) is 11.4 Å². The number of rotatable bonds is 5. The van der Waals surface area contributed by atoms with Gasteiger partial charge in [-0.25, -0.2) is 8.42 Å². The van der Waals surface area contributed by atoms with Crippen LogP contribution < -0.4 is 5.32 Å². The maximum atomic E-state index is 12.7. The van der Waals surface area contributed by atoms with Crippen LogP contribution in [-0.2, 0) is 10.0 Å². The first-order chi connectivity index (χ1) is 9.90. The molecule has 0 saturated carbocycles. The number of anilines is 1. The van der Waals surface area contributed by atoms with Gasteiger partial charge in [0, 0.05) is 32.3 Å². The Morgan fingerprint density at radius 3 is 2.71 bits per heavy atom.